The van der Waals surface area contributed by atoms with Crippen molar-refractivity contribution in [2.75, 3.05) is 13.2 Å². The highest BCUT2D eigenvalue weighted by Crippen LogP contribution is 2.30. The van der Waals surface area contributed by atoms with E-state index in [1.807, 2.05) is 6.92 Å². The summed E-state index contributed by atoms with van der Waals surface area (Å²) in [5.74, 6) is -1.75. The molecule has 10 nitrogen and oxygen atoms in total. The van der Waals surface area contributed by atoms with Crippen molar-refractivity contribution < 1.29 is 28.9 Å². The van der Waals surface area contributed by atoms with Gasteiger partial charge in [-0.2, -0.15) is 8.42 Å². The zero-order chi connectivity index (χ0) is 27.3. The van der Waals surface area contributed by atoms with Gasteiger partial charge in [0.25, 0.3) is 21.8 Å². The molecule has 1 saturated carbocycles. The molecule has 37 heavy (non-hydrogen) atoms. The number of hydrogen-bond acceptors (Lipinski definition) is 8. The second-order valence-corrected chi connectivity index (χ2v) is 11.8. The van der Waals surface area contributed by atoms with Gasteiger partial charge in [0.2, 0.25) is 0 Å². The first-order valence-corrected chi connectivity index (χ1v) is 14.5. The molecule has 1 saturated heterocycles. The largest absolute Gasteiger partial charge is 0.360 e. The molecule has 1 unspecified atom stereocenters. The third-order valence-corrected chi connectivity index (χ3v) is 9.04. The predicted octanol–water partition coefficient (Wildman–Crippen LogP) is 1.72. The Kier molecular flexibility index (Phi) is 8.62. The van der Waals surface area contributed by atoms with Crippen molar-refractivity contribution in [3.8, 4) is 0 Å². The Balaban J connectivity index is 1.70. The Morgan fingerprint density at radius 2 is 2.03 bits per heavy atom. The second kappa shape index (κ2) is 12.3. The molecule has 4 atom stereocenters. The highest BCUT2D eigenvalue weighted by molar-refractivity contribution is 7.89. The van der Waals surface area contributed by atoms with Crippen LogP contribution >= 0.6 is 0 Å². The number of rotatable bonds is 8. The van der Waals surface area contributed by atoms with Crippen molar-refractivity contribution in [2.24, 2.45) is 5.92 Å². The van der Waals surface area contributed by atoms with Gasteiger partial charge in [-0.15, -0.1) is 0 Å². The minimum Gasteiger partial charge on any atom is -0.360 e. The lowest BCUT2D eigenvalue weighted by Gasteiger charge is -2.34. The van der Waals surface area contributed by atoms with Gasteiger partial charge in [0.05, 0.1) is 14.5 Å². The summed E-state index contributed by atoms with van der Waals surface area (Å²) in [6, 6.07) is 2.09. The van der Waals surface area contributed by atoms with Crippen LogP contribution in [0, 0.1) is 5.92 Å². The molecule has 3 aliphatic rings. The molecular formula is C26H36N4O6S. The van der Waals surface area contributed by atoms with E-state index in [4.69, 9.17) is 6.11 Å². The van der Waals surface area contributed by atoms with Crippen LogP contribution < -0.4 is 10.6 Å². The SMILES string of the molecule is [2H]C1=CC(C(=O)N[C@@H](CC2CCCCC2)C(=O)N([C@H]2CC[C@@H](C)NCC2=O)S(=O)(=O)c2ccccn2)OC1. The van der Waals surface area contributed by atoms with Crippen molar-refractivity contribution in [1.82, 2.24) is 19.9 Å². The zero-order valence-electron chi connectivity index (χ0n) is 22.1. The van der Waals surface area contributed by atoms with Gasteiger partial charge in [-0.3, -0.25) is 14.4 Å². The number of carbonyl (C=O) groups is 3. The summed E-state index contributed by atoms with van der Waals surface area (Å²) in [4.78, 5) is 44.4. The molecular weight excluding hydrogens is 496 g/mol. The van der Waals surface area contributed by atoms with Gasteiger partial charge in [-0.25, -0.2) is 9.29 Å². The summed E-state index contributed by atoms with van der Waals surface area (Å²) < 4.78 is 41.5. The summed E-state index contributed by atoms with van der Waals surface area (Å²) in [5.41, 5.74) is 0. The molecule has 1 aromatic heterocycles. The van der Waals surface area contributed by atoms with Crippen LogP contribution in [0.1, 0.15) is 59.7 Å². The average molecular weight is 534 g/mol. The van der Waals surface area contributed by atoms with Crippen LogP contribution in [0.3, 0.4) is 0 Å². The van der Waals surface area contributed by atoms with Crippen LogP contribution in [-0.2, 0) is 29.1 Å². The fraction of sp³-hybridized carbons (Fsp3) is 0.615. The van der Waals surface area contributed by atoms with E-state index in [2.05, 4.69) is 15.6 Å². The number of nitrogens with one attached hydrogen (secondary N) is 2. The molecule has 0 aromatic carbocycles. The molecule has 3 heterocycles. The van der Waals surface area contributed by atoms with E-state index < -0.39 is 45.8 Å². The molecule has 2 N–H and O–H groups in total. The third-order valence-electron chi connectivity index (χ3n) is 7.31. The first kappa shape index (κ1) is 26.0. The number of aromatic nitrogens is 1. The highest BCUT2D eigenvalue weighted by atomic mass is 32.2. The van der Waals surface area contributed by atoms with Crippen molar-refractivity contribution in [2.45, 2.75) is 87.5 Å². The topological polar surface area (TPSA) is 135 Å². The molecule has 2 fully saturated rings. The lowest BCUT2D eigenvalue weighted by molar-refractivity contribution is -0.139. The number of carbonyl (C=O) groups excluding carboxylic acids is 3. The third kappa shape index (κ3) is 6.63. The van der Waals surface area contributed by atoms with Gasteiger partial charge >= 0.3 is 0 Å². The van der Waals surface area contributed by atoms with Crippen molar-refractivity contribution in [3.63, 3.8) is 0 Å². The normalized spacial score (nSPS) is 26.5. The monoisotopic (exact) mass is 533 g/mol. The average Bonchev–Trinajstić information content (AvgIpc) is 3.29. The molecule has 2 aliphatic heterocycles. The second-order valence-electron chi connectivity index (χ2n) is 10.1. The minimum absolute atomic E-state index is 0.0126. The number of ether oxygens (including phenoxy) is 1. The van der Waals surface area contributed by atoms with Gasteiger partial charge < -0.3 is 15.4 Å². The summed E-state index contributed by atoms with van der Waals surface area (Å²) in [5, 5.41) is 5.45. The number of ketones is 1. The molecule has 1 aliphatic carbocycles. The predicted molar refractivity (Wildman–Crippen MR) is 136 cm³/mol. The maximum absolute atomic E-state index is 14.2. The minimum atomic E-state index is -4.52. The Morgan fingerprint density at radius 1 is 1.24 bits per heavy atom. The van der Waals surface area contributed by atoms with Crippen LogP contribution in [0.4, 0.5) is 0 Å². The van der Waals surface area contributed by atoms with Gasteiger partial charge in [-0.05, 0) is 50.3 Å². The fourth-order valence-electron chi connectivity index (χ4n) is 5.23. The number of amides is 2. The van der Waals surface area contributed by atoms with Gasteiger partial charge in [0.1, 0.15) is 12.1 Å². The van der Waals surface area contributed by atoms with Crippen LogP contribution in [0.5, 0.6) is 0 Å². The number of hydrogen-bond donors (Lipinski definition) is 2. The van der Waals surface area contributed by atoms with E-state index in [0.717, 1.165) is 32.1 Å². The first-order valence-electron chi connectivity index (χ1n) is 13.5. The molecule has 11 heteroatoms. The molecule has 4 rings (SSSR count). The number of sulfonamides is 1. The van der Waals surface area contributed by atoms with E-state index >= 15 is 0 Å². The van der Waals surface area contributed by atoms with Crippen LogP contribution in [0.2, 0.25) is 0 Å². The van der Waals surface area contributed by atoms with Crippen molar-refractivity contribution in [1.29, 1.82) is 0 Å². The molecule has 0 bridgehead atoms. The summed E-state index contributed by atoms with van der Waals surface area (Å²) in [6.45, 7) is 1.82. The van der Waals surface area contributed by atoms with Crippen molar-refractivity contribution >= 4 is 27.6 Å². The van der Waals surface area contributed by atoms with Crippen molar-refractivity contribution in [3.05, 3.63) is 36.5 Å². The number of pyridine rings is 1. The molecule has 0 spiro atoms. The smallest absolute Gasteiger partial charge is 0.284 e. The summed E-state index contributed by atoms with van der Waals surface area (Å²) >= 11 is 0. The van der Waals surface area contributed by atoms with E-state index in [1.54, 1.807) is 6.07 Å². The van der Waals surface area contributed by atoms with Crippen LogP contribution in [-0.4, -0.2) is 72.7 Å². The Labute approximate surface area is 219 Å². The fourth-order valence-corrected chi connectivity index (χ4v) is 6.80. The number of Topliss-reactive ketones (excluding diaryl/α,β-unsaturated/α-hetero) is 1. The highest BCUT2D eigenvalue weighted by Gasteiger charge is 2.44. The van der Waals surface area contributed by atoms with Gasteiger partial charge in [-0.1, -0.05) is 44.2 Å². The Morgan fingerprint density at radius 3 is 2.70 bits per heavy atom. The molecule has 202 valence electrons. The lowest BCUT2D eigenvalue weighted by atomic mass is 9.84. The lowest BCUT2D eigenvalue weighted by Crippen LogP contribution is -2.57. The van der Waals surface area contributed by atoms with E-state index in [1.165, 1.54) is 24.4 Å². The Hall–Kier alpha value is -2.63. The standard InChI is InChI=1S/C26H36N4O6S/c1-18-12-13-21(22(31)17-28-18)30(37(34,35)24-11-5-6-14-27-24)26(33)20(16-19-8-3-2-4-9-19)29-25(32)23-10-7-15-36-23/h5-7,10-11,14,18-21,23,28H,2-4,8-9,12-13,15-17H2,1H3,(H,29,32)/t18-,20+,21+,23?/m1/s1/i7D. The molecule has 0 radical (unpaired) electrons. The van der Waals surface area contributed by atoms with E-state index in [9.17, 15) is 22.8 Å². The Bertz CT molecular complexity index is 1160. The van der Waals surface area contributed by atoms with Gasteiger partial charge in [0.15, 0.2) is 16.9 Å². The van der Waals surface area contributed by atoms with Crippen LogP contribution in [0.25, 0.3) is 0 Å². The van der Waals surface area contributed by atoms with Gasteiger partial charge in [0, 0.05) is 12.2 Å². The maximum Gasteiger partial charge on any atom is 0.284 e. The number of nitrogens with zero attached hydrogens (tertiary/aromatic N) is 2. The summed E-state index contributed by atoms with van der Waals surface area (Å²) in [7, 11) is -4.52. The van der Waals surface area contributed by atoms with E-state index in [-0.39, 0.29) is 49.0 Å². The summed E-state index contributed by atoms with van der Waals surface area (Å²) in [6.07, 6.45) is 7.37. The maximum atomic E-state index is 14.2. The zero-order valence-corrected chi connectivity index (χ0v) is 21.9. The quantitative estimate of drug-likeness (QED) is 0.483. The van der Waals surface area contributed by atoms with E-state index in [0.29, 0.717) is 10.7 Å². The molecule has 2 amide bonds. The first-order chi connectivity index (χ1) is 18.2. The van der Waals surface area contributed by atoms with Crippen LogP contribution in [0.15, 0.2) is 41.5 Å². The molecule has 1 aromatic rings.